The molecule has 2 aromatic rings. The Balaban J connectivity index is 1.54. The minimum atomic E-state index is -3.59. The van der Waals surface area contributed by atoms with Gasteiger partial charge in [-0.2, -0.15) is 4.31 Å². The second kappa shape index (κ2) is 10.4. The molecule has 0 atom stereocenters. The maximum atomic E-state index is 12.9. The van der Waals surface area contributed by atoms with E-state index < -0.39 is 10.0 Å². The van der Waals surface area contributed by atoms with Crippen LogP contribution in [0.1, 0.15) is 47.7 Å². The van der Waals surface area contributed by atoms with E-state index in [2.05, 4.69) is 48.3 Å². The molecule has 0 saturated carbocycles. The predicted octanol–water partition coefficient (Wildman–Crippen LogP) is 3.11. The Morgan fingerprint density at radius 3 is 2.35 bits per heavy atom. The number of hydrogen-bond donors (Lipinski definition) is 1. The highest BCUT2D eigenvalue weighted by molar-refractivity contribution is 7.89. The Bertz CT molecular complexity index is 979. The molecule has 6 nitrogen and oxygen atoms in total. The van der Waals surface area contributed by atoms with Gasteiger partial charge in [-0.05, 0) is 55.1 Å². The SMILES string of the molecule is CC(C)c1ccc(CCCNC(=O)c2cccc(S(=O)(=O)N3CCN(C)CC3)c2)cc1. The molecule has 7 heteroatoms. The van der Waals surface area contributed by atoms with Crippen molar-refractivity contribution in [2.45, 2.75) is 37.5 Å². The second-order valence-corrected chi connectivity index (χ2v) is 10.4. The van der Waals surface area contributed by atoms with E-state index in [4.69, 9.17) is 0 Å². The number of nitrogens with one attached hydrogen (secondary N) is 1. The minimum Gasteiger partial charge on any atom is -0.352 e. The summed E-state index contributed by atoms with van der Waals surface area (Å²) in [6, 6.07) is 14.9. The molecular formula is C24H33N3O3S. The van der Waals surface area contributed by atoms with Crippen LogP contribution >= 0.6 is 0 Å². The van der Waals surface area contributed by atoms with Gasteiger partial charge in [0.1, 0.15) is 0 Å². The molecule has 168 valence electrons. The summed E-state index contributed by atoms with van der Waals surface area (Å²) >= 11 is 0. The Morgan fingerprint density at radius 1 is 1.03 bits per heavy atom. The molecule has 0 bridgehead atoms. The van der Waals surface area contributed by atoms with E-state index in [9.17, 15) is 13.2 Å². The number of rotatable bonds is 8. The predicted molar refractivity (Wildman–Crippen MR) is 124 cm³/mol. The topological polar surface area (TPSA) is 69.7 Å². The van der Waals surface area contributed by atoms with Gasteiger partial charge in [-0.1, -0.05) is 44.2 Å². The molecule has 3 rings (SSSR count). The number of aryl methyl sites for hydroxylation is 1. The lowest BCUT2D eigenvalue weighted by molar-refractivity contribution is 0.0953. The normalized spacial score (nSPS) is 15.9. The highest BCUT2D eigenvalue weighted by Gasteiger charge is 2.27. The first-order chi connectivity index (χ1) is 14.8. The fourth-order valence-corrected chi connectivity index (χ4v) is 5.11. The van der Waals surface area contributed by atoms with E-state index >= 15 is 0 Å². The Labute approximate surface area is 186 Å². The van der Waals surface area contributed by atoms with Gasteiger partial charge in [-0.15, -0.1) is 0 Å². The van der Waals surface area contributed by atoms with Crippen molar-refractivity contribution < 1.29 is 13.2 Å². The van der Waals surface area contributed by atoms with Gasteiger partial charge < -0.3 is 10.2 Å². The number of amides is 1. The number of sulfonamides is 1. The van der Waals surface area contributed by atoms with Gasteiger partial charge in [-0.3, -0.25) is 4.79 Å². The van der Waals surface area contributed by atoms with Gasteiger partial charge in [0.05, 0.1) is 4.90 Å². The van der Waals surface area contributed by atoms with Gasteiger partial charge in [0.2, 0.25) is 10.0 Å². The first kappa shape index (κ1) is 23.4. The molecule has 1 aliphatic heterocycles. The van der Waals surface area contributed by atoms with Crippen LogP contribution in [0.3, 0.4) is 0 Å². The summed E-state index contributed by atoms with van der Waals surface area (Å²) in [5, 5.41) is 2.91. The van der Waals surface area contributed by atoms with Crippen LogP contribution in [0, 0.1) is 0 Å². The Morgan fingerprint density at radius 2 is 1.71 bits per heavy atom. The van der Waals surface area contributed by atoms with Crippen LogP contribution in [0.25, 0.3) is 0 Å². The molecule has 1 N–H and O–H groups in total. The summed E-state index contributed by atoms with van der Waals surface area (Å²) in [4.78, 5) is 14.8. The summed E-state index contributed by atoms with van der Waals surface area (Å²) in [7, 11) is -1.60. The van der Waals surface area contributed by atoms with Crippen LogP contribution in [0.5, 0.6) is 0 Å². The van der Waals surface area contributed by atoms with Crippen LogP contribution in [0.15, 0.2) is 53.4 Å². The molecule has 0 aliphatic carbocycles. The summed E-state index contributed by atoms with van der Waals surface area (Å²) < 4.78 is 27.3. The van der Waals surface area contributed by atoms with Crippen molar-refractivity contribution in [3.63, 3.8) is 0 Å². The van der Waals surface area contributed by atoms with Crippen LogP contribution in [0.4, 0.5) is 0 Å². The van der Waals surface area contributed by atoms with E-state index in [-0.39, 0.29) is 10.8 Å². The number of hydrogen-bond acceptors (Lipinski definition) is 4. The highest BCUT2D eigenvalue weighted by atomic mass is 32.2. The molecule has 1 heterocycles. The minimum absolute atomic E-state index is 0.176. The van der Waals surface area contributed by atoms with Crippen molar-refractivity contribution >= 4 is 15.9 Å². The van der Waals surface area contributed by atoms with Crippen molar-refractivity contribution in [3.8, 4) is 0 Å². The van der Waals surface area contributed by atoms with Crippen molar-refractivity contribution in [1.29, 1.82) is 0 Å². The van der Waals surface area contributed by atoms with E-state index in [0.717, 1.165) is 12.8 Å². The second-order valence-electron chi connectivity index (χ2n) is 8.49. The van der Waals surface area contributed by atoms with E-state index in [1.807, 2.05) is 7.05 Å². The summed E-state index contributed by atoms with van der Waals surface area (Å²) in [6.45, 7) is 7.24. The van der Waals surface area contributed by atoms with E-state index in [1.54, 1.807) is 18.2 Å². The van der Waals surface area contributed by atoms with Gasteiger partial charge >= 0.3 is 0 Å². The van der Waals surface area contributed by atoms with Crippen molar-refractivity contribution in [3.05, 3.63) is 65.2 Å². The number of piperazine rings is 1. The lowest BCUT2D eigenvalue weighted by Gasteiger charge is -2.31. The third-order valence-electron chi connectivity index (χ3n) is 5.77. The molecule has 0 unspecified atom stereocenters. The molecular weight excluding hydrogens is 410 g/mol. The van der Waals surface area contributed by atoms with Gasteiger partial charge in [0.25, 0.3) is 5.91 Å². The van der Waals surface area contributed by atoms with E-state index in [0.29, 0.717) is 44.2 Å². The van der Waals surface area contributed by atoms with Crippen LogP contribution in [-0.4, -0.2) is 63.3 Å². The molecule has 0 spiro atoms. The number of nitrogens with zero attached hydrogens (tertiary/aromatic N) is 2. The summed E-state index contributed by atoms with van der Waals surface area (Å²) in [5.41, 5.74) is 2.94. The number of benzene rings is 2. The number of likely N-dealkylation sites (N-methyl/N-ethyl adjacent to an activating group) is 1. The first-order valence-corrected chi connectivity index (χ1v) is 12.4. The maximum absolute atomic E-state index is 12.9. The highest BCUT2D eigenvalue weighted by Crippen LogP contribution is 2.19. The Hall–Kier alpha value is -2.22. The average molecular weight is 444 g/mol. The monoisotopic (exact) mass is 443 g/mol. The van der Waals surface area contributed by atoms with Crippen molar-refractivity contribution in [1.82, 2.24) is 14.5 Å². The van der Waals surface area contributed by atoms with E-state index in [1.165, 1.54) is 21.5 Å². The number of carbonyl (C=O) groups is 1. The largest absolute Gasteiger partial charge is 0.352 e. The third kappa shape index (κ3) is 6.15. The zero-order valence-electron chi connectivity index (χ0n) is 18.7. The third-order valence-corrected chi connectivity index (χ3v) is 7.67. The fraction of sp³-hybridized carbons (Fsp3) is 0.458. The zero-order chi connectivity index (χ0) is 22.4. The molecule has 0 aromatic heterocycles. The molecule has 1 aliphatic rings. The number of carbonyl (C=O) groups excluding carboxylic acids is 1. The smallest absolute Gasteiger partial charge is 0.251 e. The van der Waals surface area contributed by atoms with Gasteiger partial charge in [0.15, 0.2) is 0 Å². The summed E-state index contributed by atoms with van der Waals surface area (Å²) in [6.07, 6.45) is 1.71. The maximum Gasteiger partial charge on any atom is 0.251 e. The van der Waals surface area contributed by atoms with Gasteiger partial charge in [-0.25, -0.2) is 8.42 Å². The van der Waals surface area contributed by atoms with Crippen molar-refractivity contribution in [2.75, 3.05) is 39.8 Å². The van der Waals surface area contributed by atoms with Crippen LogP contribution in [-0.2, 0) is 16.4 Å². The summed E-state index contributed by atoms with van der Waals surface area (Å²) in [5.74, 6) is 0.273. The molecule has 0 radical (unpaired) electrons. The van der Waals surface area contributed by atoms with Gasteiger partial charge in [0, 0.05) is 38.3 Å². The average Bonchev–Trinajstić information content (AvgIpc) is 2.77. The molecule has 2 aromatic carbocycles. The van der Waals surface area contributed by atoms with Crippen LogP contribution < -0.4 is 5.32 Å². The lowest BCUT2D eigenvalue weighted by Crippen LogP contribution is -2.47. The quantitative estimate of drug-likeness (QED) is 0.637. The fourth-order valence-electron chi connectivity index (χ4n) is 3.64. The lowest BCUT2D eigenvalue weighted by atomic mass is 10.0. The van der Waals surface area contributed by atoms with Crippen molar-refractivity contribution in [2.24, 2.45) is 0 Å². The Kier molecular flexibility index (Phi) is 7.86. The first-order valence-electron chi connectivity index (χ1n) is 10.9. The van der Waals surface area contributed by atoms with Crippen LogP contribution in [0.2, 0.25) is 0 Å². The zero-order valence-corrected chi connectivity index (χ0v) is 19.5. The molecule has 1 amide bonds. The molecule has 1 fully saturated rings. The molecule has 1 saturated heterocycles. The standard InChI is InChI=1S/C24H33N3O3S/c1-19(2)21-11-9-20(10-12-21)6-5-13-25-24(28)22-7-4-8-23(18-22)31(29,30)27-16-14-26(3)15-17-27/h4,7-12,18-19H,5-6,13-17H2,1-3H3,(H,25,28). The molecule has 31 heavy (non-hydrogen) atoms.